The van der Waals surface area contributed by atoms with E-state index >= 15 is 0 Å². The van der Waals surface area contributed by atoms with Gasteiger partial charge in [0.1, 0.15) is 6.54 Å². The van der Waals surface area contributed by atoms with Crippen molar-refractivity contribution in [1.82, 2.24) is 5.32 Å². The van der Waals surface area contributed by atoms with Crippen LogP contribution >= 0.6 is 11.8 Å². The summed E-state index contributed by atoms with van der Waals surface area (Å²) < 4.78 is 0. The fourth-order valence-corrected chi connectivity index (χ4v) is 2.24. The summed E-state index contributed by atoms with van der Waals surface area (Å²) in [7, 11) is 0. The molecule has 0 saturated carbocycles. The topological polar surface area (TPSA) is 119 Å². The Kier molecular flexibility index (Phi) is 3.94. The highest BCUT2D eigenvalue weighted by atomic mass is 32.2. The number of amides is 1. The van der Waals surface area contributed by atoms with Crippen molar-refractivity contribution in [3.63, 3.8) is 0 Å². The summed E-state index contributed by atoms with van der Waals surface area (Å²) in [5, 5.41) is 29.7. The normalized spacial score (nSPS) is 18.5. The van der Waals surface area contributed by atoms with Crippen molar-refractivity contribution in [2.75, 3.05) is 6.54 Å². The van der Waals surface area contributed by atoms with Crippen molar-refractivity contribution in [2.24, 2.45) is 4.99 Å². The number of nitrogens with zero attached hydrogens (tertiary/aromatic N) is 1. The lowest BCUT2D eigenvalue weighted by Crippen LogP contribution is -2.20. The molecule has 7 nitrogen and oxygen atoms in total. The highest BCUT2D eigenvalue weighted by Crippen LogP contribution is 2.29. The first-order valence-corrected chi connectivity index (χ1v) is 6.26. The van der Waals surface area contributed by atoms with E-state index in [-0.39, 0.29) is 16.7 Å². The highest BCUT2D eigenvalue weighted by molar-refractivity contribution is 8.18. The molecule has 0 atom stereocenters. The predicted molar refractivity (Wildman–Crippen MR) is 73.4 cm³/mol. The molecular weight excluding hydrogens is 284 g/mol. The van der Waals surface area contributed by atoms with Crippen LogP contribution in [0.25, 0.3) is 6.08 Å². The van der Waals surface area contributed by atoms with E-state index in [1.165, 1.54) is 24.3 Å². The zero-order valence-corrected chi connectivity index (χ0v) is 10.8. The number of phenols is 2. The average Bonchev–Trinajstić information content (AvgIpc) is 2.72. The number of carbonyl (C=O) groups is 2. The molecule has 1 amide bonds. The molecule has 1 aliphatic rings. The third kappa shape index (κ3) is 3.29. The van der Waals surface area contributed by atoms with Crippen LogP contribution in [0.15, 0.2) is 28.1 Å². The van der Waals surface area contributed by atoms with E-state index in [0.717, 1.165) is 11.8 Å². The van der Waals surface area contributed by atoms with Gasteiger partial charge in [0.05, 0.1) is 4.91 Å². The lowest BCUT2D eigenvalue weighted by atomic mass is 10.2. The molecule has 1 aliphatic heterocycles. The van der Waals surface area contributed by atoms with Crippen molar-refractivity contribution < 1.29 is 24.9 Å². The number of hydrogen-bond donors (Lipinski definition) is 4. The summed E-state index contributed by atoms with van der Waals surface area (Å²) in [4.78, 5) is 26.1. The number of amidine groups is 1. The van der Waals surface area contributed by atoms with Crippen LogP contribution in [-0.2, 0) is 9.59 Å². The van der Waals surface area contributed by atoms with E-state index in [4.69, 9.17) is 5.11 Å². The second-order valence-corrected chi connectivity index (χ2v) is 4.86. The number of aliphatic carboxylic acids is 1. The second-order valence-electron chi connectivity index (χ2n) is 3.83. The molecule has 8 heteroatoms. The molecule has 4 N–H and O–H groups in total. The van der Waals surface area contributed by atoms with E-state index in [2.05, 4.69) is 10.3 Å². The van der Waals surface area contributed by atoms with Crippen molar-refractivity contribution in [1.29, 1.82) is 0 Å². The molecule has 0 aromatic heterocycles. The van der Waals surface area contributed by atoms with Crippen molar-refractivity contribution >= 4 is 34.9 Å². The van der Waals surface area contributed by atoms with E-state index in [1.54, 1.807) is 0 Å². The quantitative estimate of drug-likeness (QED) is 0.482. The van der Waals surface area contributed by atoms with Gasteiger partial charge in [-0.25, -0.2) is 0 Å². The predicted octanol–water partition coefficient (Wildman–Crippen LogP) is 0.742. The molecule has 1 saturated heterocycles. The van der Waals surface area contributed by atoms with Crippen molar-refractivity contribution in [3.05, 3.63) is 28.7 Å². The van der Waals surface area contributed by atoms with Crippen LogP contribution in [0.1, 0.15) is 5.56 Å². The summed E-state index contributed by atoms with van der Waals surface area (Å²) >= 11 is 1.01. The number of phenolic OH excluding ortho intramolecular Hbond substituents is 2. The summed E-state index contributed by atoms with van der Waals surface area (Å²) in [5.41, 5.74) is 0.525. The molecule has 20 heavy (non-hydrogen) atoms. The van der Waals surface area contributed by atoms with Gasteiger partial charge in [0.15, 0.2) is 16.7 Å². The van der Waals surface area contributed by atoms with Gasteiger partial charge in [-0.2, -0.15) is 0 Å². The molecule has 0 bridgehead atoms. The van der Waals surface area contributed by atoms with Crippen molar-refractivity contribution in [2.45, 2.75) is 0 Å². The molecule has 1 aromatic rings. The number of thioether (sulfide) groups is 1. The summed E-state index contributed by atoms with van der Waals surface area (Å²) in [6, 6.07) is 4.14. The van der Waals surface area contributed by atoms with Gasteiger partial charge in [-0.05, 0) is 35.5 Å². The molecular formula is C12H10N2O5S. The first-order valence-electron chi connectivity index (χ1n) is 5.45. The van der Waals surface area contributed by atoms with Crippen molar-refractivity contribution in [3.8, 4) is 11.5 Å². The molecule has 1 fully saturated rings. The number of aliphatic imine (C=N–C) groups is 1. The fraction of sp³-hybridized carbons (Fsp3) is 0.0833. The fourth-order valence-electron chi connectivity index (χ4n) is 1.42. The molecule has 2 rings (SSSR count). The first kappa shape index (κ1) is 13.9. The smallest absolute Gasteiger partial charge is 0.325 e. The molecule has 0 unspecified atom stereocenters. The number of rotatable bonds is 3. The van der Waals surface area contributed by atoms with E-state index in [9.17, 15) is 19.8 Å². The zero-order valence-electron chi connectivity index (χ0n) is 10.0. The first-order chi connectivity index (χ1) is 9.45. The summed E-state index contributed by atoms with van der Waals surface area (Å²) in [6.45, 7) is -0.421. The molecule has 1 aromatic carbocycles. The maximum atomic E-state index is 11.6. The molecule has 104 valence electrons. The van der Waals surface area contributed by atoms with Gasteiger partial charge in [0.2, 0.25) is 0 Å². The van der Waals surface area contributed by atoms with Crippen LogP contribution in [0.3, 0.4) is 0 Å². The number of carbonyl (C=O) groups excluding carboxylic acids is 1. The lowest BCUT2D eigenvalue weighted by Gasteiger charge is -1.99. The van der Waals surface area contributed by atoms with Gasteiger partial charge in [-0.3, -0.25) is 14.6 Å². The minimum absolute atomic E-state index is 0.214. The Balaban J connectivity index is 2.18. The van der Waals surface area contributed by atoms with Gasteiger partial charge in [0.25, 0.3) is 5.91 Å². The molecule has 0 spiro atoms. The molecule has 1 heterocycles. The Hall–Kier alpha value is -2.48. The van der Waals surface area contributed by atoms with Crippen LogP contribution in [0.4, 0.5) is 0 Å². The Morgan fingerprint density at radius 3 is 2.75 bits per heavy atom. The monoisotopic (exact) mass is 294 g/mol. The van der Waals surface area contributed by atoms with E-state index < -0.39 is 18.4 Å². The van der Waals surface area contributed by atoms with Gasteiger partial charge in [0, 0.05) is 0 Å². The van der Waals surface area contributed by atoms with Crippen LogP contribution in [0.2, 0.25) is 0 Å². The second kappa shape index (κ2) is 5.66. The standard InChI is InChI=1S/C12H10N2O5S/c15-7-2-1-6(3-8(7)16)4-9-11(19)14-12(20-9)13-5-10(17)18/h1-4,15-16H,5H2,(H,17,18)(H,13,14,19)/b9-4-. The van der Waals surface area contributed by atoms with E-state index in [0.29, 0.717) is 10.5 Å². The number of nitrogens with one attached hydrogen (secondary N) is 1. The Labute approximate surface area is 117 Å². The van der Waals surface area contributed by atoms with Gasteiger partial charge in [-0.1, -0.05) is 6.07 Å². The number of benzene rings is 1. The number of carboxylic acids is 1. The number of hydrogen-bond acceptors (Lipinski definition) is 6. The van der Waals surface area contributed by atoms with Gasteiger partial charge in [-0.15, -0.1) is 0 Å². The molecule has 0 aliphatic carbocycles. The molecule has 0 radical (unpaired) electrons. The van der Waals surface area contributed by atoms with Crippen LogP contribution < -0.4 is 5.32 Å². The highest BCUT2D eigenvalue weighted by Gasteiger charge is 2.23. The maximum Gasteiger partial charge on any atom is 0.325 e. The third-order valence-electron chi connectivity index (χ3n) is 2.31. The minimum Gasteiger partial charge on any atom is -0.504 e. The number of aromatic hydroxyl groups is 2. The summed E-state index contributed by atoms with van der Waals surface area (Å²) in [6.07, 6.45) is 1.50. The van der Waals surface area contributed by atoms with E-state index in [1.807, 2.05) is 0 Å². The maximum absolute atomic E-state index is 11.6. The van der Waals surface area contributed by atoms with Crippen LogP contribution in [-0.4, -0.2) is 38.9 Å². The Morgan fingerprint density at radius 1 is 1.35 bits per heavy atom. The Bertz CT molecular complexity index is 639. The number of carboxylic acid groups (broad SMARTS) is 1. The van der Waals surface area contributed by atoms with Gasteiger partial charge < -0.3 is 20.6 Å². The Morgan fingerprint density at radius 2 is 2.10 bits per heavy atom. The van der Waals surface area contributed by atoms with Crippen LogP contribution in [0.5, 0.6) is 11.5 Å². The average molecular weight is 294 g/mol. The largest absolute Gasteiger partial charge is 0.504 e. The minimum atomic E-state index is -1.09. The SMILES string of the molecule is O=C(O)CN=C1NC(=O)/C(=C/c2ccc(O)c(O)c2)S1. The summed E-state index contributed by atoms with van der Waals surface area (Å²) in [5.74, 6) is -2.03. The van der Waals surface area contributed by atoms with Crippen LogP contribution in [0, 0.1) is 0 Å². The van der Waals surface area contributed by atoms with Gasteiger partial charge >= 0.3 is 5.97 Å². The lowest BCUT2D eigenvalue weighted by molar-refractivity contribution is -0.135. The third-order valence-corrected chi connectivity index (χ3v) is 3.25. The zero-order chi connectivity index (χ0) is 14.7.